The minimum absolute atomic E-state index is 0.0649. The van der Waals surface area contributed by atoms with Crippen molar-refractivity contribution in [3.63, 3.8) is 0 Å². The Morgan fingerprint density at radius 1 is 0.806 bits per heavy atom. The molecule has 0 amide bonds. The highest BCUT2D eigenvalue weighted by Gasteiger charge is 2.08. The average Bonchev–Trinajstić information content (AvgIpc) is 3.30. The second kappa shape index (κ2) is 9.98. The molecule has 0 saturated carbocycles. The van der Waals surface area contributed by atoms with Gasteiger partial charge in [-0.25, -0.2) is 14.4 Å². The first-order chi connectivity index (χ1) is 14.9. The van der Waals surface area contributed by atoms with Crippen LogP contribution in [0.1, 0.15) is 46.9 Å². The predicted octanol–water partition coefficient (Wildman–Crippen LogP) is 3.47. The van der Waals surface area contributed by atoms with E-state index in [1.807, 2.05) is 0 Å². The van der Waals surface area contributed by atoms with E-state index in [1.165, 1.54) is 23.9 Å². The van der Waals surface area contributed by atoms with Crippen LogP contribution in [0.2, 0.25) is 0 Å². The fourth-order valence-electron chi connectivity index (χ4n) is 2.93. The van der Waals surface area contributed by atoms with Gasteiger partial charge >= 0.3 is 17.3 Å². The SMILES string of the molecule is CCCCCSC(=O)c1ccc2[nH]c(=O)[nH]c2c1.O=C(O)c1ccc2[nH]c(=O)[nH]c2c1. The molecule has 0 bridgehead atoms. The lowest BCUT2D eigenvalue weighted by Gasteiger charge is -2.00. The van der Waals surface area contributed by atoms with Gasteiger partial charge in [0.1, 0.15) is 0 Å². The molecule has 2 aromatic carbocycles. The molecule has 0 fully saturated rings. The van der Waals surface area contributed by atoms with Gasteiger partial charge in [0.25, 0.3) is 0 Å². The highest BCUT2D eigenvalue weighted by atomic mass is 32.2. The normalized spacial score (nSPS) is 10.7. The number of nitrogens with one attached hydrogen (secondary N) is 4. The molecule has 31 heavy (non-hydrogen) atoms. The Labute approximate surface area is 180 Å². The molecule has 2 heterocycles. The van der Waals surface area contributed by atoms with Gasteiger partial charge in [-0.1, -0.05) is 31.5 Å². The van der Waals surface area contributed by atoms with Crippen molar-refractivity contribution in [1.29, 1.82) is 0 Å². The van der Waals surface area contributed by atoms with Gasteiger partial charge in [0.05, 0.1) is 27.6 Å². The lowest BCUT2D eigenvalue weighted by Crippen LogP contribution is -1.99. The number of aromatic carboxylic acids is 1. The average molecular weight is 442 g/mol. The Morgan fingerprint density at radius 2 is 1.32 bits per heavy atom. The van der Waals surface area contributed by atoms with Crippen LogP contribution in [0.4, 0.5) is 0 Å². The van der Waals surface area contributed by atoms with E-state index in [0.29, 0.717) is 22.1 Å². The topological polar surface area (TPSA) is 152 Å². The number of carboxylic acid groups (broad SMARTS) is 1. The lowest BCUT2D eigenvalue weighted by molar-refractivity contribution is 0.0697. The molecule has 4 aromatic rings. The fourth-order valence-corrected chi connectivity index (χ4v) is 3.75. The molecule has 4 rings (SSSR count). The Kier molecular flexibility index (Phi) is 7.14. The zero-order chi connectivity index (χ0) is 22.4. The van der Waals surface area contributed by atoms with Crippen molar-refractivity contribution in [1.82, 2.24) is 19.9 Å². The van der Waals surface area contributed by atoms with Crippen LogP contribution in [-0.4, -0.2) is 41.9 Å². The number of benzene rings is 2. The van der Waals surface area contributed by atoms with Crippen LogP contribution in [0.25, 0.3) is 22.1 Å². The summed E-state index contributed by atoms with van der Waals surface area (Å²) in [4.78, 5) is 54.7. The molecule has 0 unspecified atom stereocenters. The summed E-state index contributed by atoms with van der Waals surface area (Å²) in [6, 6.07) is 9.64. The summed E-state index contributed by atoms with van der Waals surface area (Å²) in [5.41, 5.74) is 2.73. The third-order valence-electron chi connectivity index (χ3n) is 4.50. The molecule has 10 heteroatoms. The zero-order valence-electron chi connectivity index (χ0n) is 16.8. The molecule has 0 aliphatic rings. The van der Waals surface area contributed by atoms with E-state index in [0.717, 1.165) is 30.5 Å². The number of carbonyl (C=O) groups is 2. The largest absolute Gasteiger partial charge is 0.478 e. The van der Waals surface area contributed by atoms with Gasteiger partial charge in [-0.05, 0) is 42.8 Å². The maximum absolute atomic E-state index is 11.9. The second-order valence-corrected chi connectivity index (χ2v) is 7.89. The first kappa shape index (κ1) is 22.2. The molecule has 0 spiro atoms. The summed E-state index contributed by atoms with van der Waals surface area (Å²) < 4.78 is 0. The fraction of sp³-hybridized carbons (Fsp3) is 0.238. The number of hydrogen-bond donors (Lipinski definition) is 5. The van der Waals surface area contributed by atoms with Crippen molar-refractivity contribution in [3.05, 3.63) is 68.5 Å². The number of carbonyl (C=O) groups excluding carboxylic acids is 1. The minimum atomic E-state index is -1.01. The molecule has 0 aliphatic carbocycles. The van der Waals surface area contributed by atoms with E-state index in [-0.39, 0.29) is 22.1 Å². The van der Waals surface area contributed by atoms with Gasteiger partial charge in [-0.3, -0.25) is 4.79 Å². The van der Waals surface area contributed by atoms with E-state index in [2.05, 4.69) is 26.9 Å². The number of carboxylic acids is 1. The number of imidazole rings is 2. The zero-order valence-corrected chi connectivity index (χ0v) is 17.6. The Bertz CT molecular complexity index is 1330. The summed E-state index contributed by atoms with van der Waals surface area (Å²) in [6.45, 7) is 2.14. The van der Waals surface area contributed by atoms with Gasteiger partial charge in [-0.2, -0.15) is 0 Å². The molecule has 5 N–H and O–H groups in total. The van der Waals surface area contributed by atoms with Gasteiger partial charge in [0.2, 0.25) is 5.12 Å². The maximum Gasteiger partial charge on any atom is 0.335 e. The van der Waals surface area contributed by atoms with E-state index in [9.17, 15) is 19.2 Å². The van der Waals surface area contributed by atoms with Crippen LogP contribution in [-0.2, 0) is 0 Å². The van der Waals surface area contributed by atoms with Gasteiger partial charge in [0, 0.05) is 11.3 Å². The number of fused-ring (bicyclic) bond motifs is 2. The summed E-state index contributed by atoms with van der Waals surface area (Å²) in [5.74, 6) is -0.155. The second-order valence-electron chi connectivity index (χ2n) is 6.83. The van der Waals surface area contributed by atoms with Crippen LogP contribution in [0.15, 0.2) is 46.0 Å². The Balaban J connectivity index is 0.000000185. The van der Waals surface area contributed by atoms with Crippen LogP contribution in [0, 0.1) is 0 Å². The first-order valence-corrected chi connectivity index (χ1v) is 10.7. The standard InChI is InChI=1S/C13H16N2O2S.C8H6N2O3/c1-2-3-4-7-18-12(16)9-5-6-10-11(8-9)15-13(17)14-10;11-7(12)4-1-2-5-6(3-4)10-8(13)9-5/h5-6,8H,2-4,7H2,1H3,(H2,14,15,17);1-3H,(H,11,12)(H2,9,10,13). The quantitative estimate of drug-likeness (QED) is 0.288. The smallest absolute Gasteiger partial charge is 0.335 e. The molecule has 9 nitrogen and oxygen atoms in total. The summed E-state index contributed by atoms with van der Waals surface area (Å²) in [6.07, 6.45) is 3.38. The van der Waals surface area contributed by atoms with E-state index < -0.39 is 5.97 Å². The van der Waals surface area contributed by atoms with E-state index in [4.69, 9.17) is 5.11 Å². The van der Waals surface area contributed by atoms with E-state index >= 15 is 0 Å². The van der Waals surface area contributed by atoms with Crippen molar-refractivity contribution >= 4 is 44.9 Å². The molecule has 162 valence electrons. The third kappa shape index (κ3) is 5.76. The van der Waals surface area contributed by atoms with Crippen molar-refractivity contribution < 1.29 is 14.7 Å². The number of aromatic nitrogens is 4. The summed E-state index contributed by atoms with van der Waals surface area (Å²) in [7, 11) is 0. The van der Waals surface area contributed by atoms with Crippen molar-refractivity contribution in [2.24, 2.45) is 0 Å². The molecular weight excluding hydrogens is 420 g/mol. The number of aromatic amines is 4. The molecule has 0 atom stereocenters. The molecule has 0 radical (unpaired) electrons. The number of H-pyrrole nitrogens is 4. The number of hydrogen-bond acceptors (Lipinski definition) is 5. The first-order valence-electron chi connectivity index (χ1n) is 9.72. The van der Waals surface area contributed by atoms with Crippen LogP contribution < -0.4 is 11.4 Å². The molecule has 0 aliphatic heterocycles. The van der Waals surface area contributed by atoms with Gasteiger partial charge in [0.15, 0.2) is 0 Å². The van der Waals surface area contributed by atoms with Gasteiger partial charge in [-0.15, -0.1) is 0 Å². The molecule has 0 saturated heterocycles. The Morgan fingerprint density at radius 3 is 1.87 bits per heavy atom. The molecular formula is C21H22N4O5S. The Hall–Kier alpha value is -3.53. The number of rotatable bonds is 6. The molecule has 2 aromatic heterocycles. The van der Waals surface area contributed by atoms with Crippen molar-refractivity contribution in [2.75, 3.05) is 5.75 Å². The third-order valence-corrected chi connectivity index (χ3v) is 5.49. The van der Waals surface area contributed by atoms with Crippen LogP contribution in [0.3, 0.4) is 0 Å². The lowest BCUT2D eigenvalue weighted by atomic mass is 10.2. The summed E-state index contributed by atoms with van der Waals surface area (Å²) in [5, 5.41) is 8.71. The maximum atomic E-state index is 11.9. The number of thioether (sulfide) groups is 1. The van der Waals surface area contributed by atoms with E-state index in [1.54, 1.807) is 24.3 Å². The predicted molar refractivity (Wildman–Crippen MR) is 121 cm³/mol. The highest BCUT2D eigenvalue weighted by molar-refractivity contribution is 8.14. The van der Waals surface area contributed by atoms with Crippen LogP contribution in [0.5, 0.6) is 0 Å². The van der Waals surface area contributed by atoms with Gasteiger partial charge < -0.3 is 25.0 Å². The minimum Gasteiger partial charge on any atom is -0.478 e. The number of unbranched alkanes of at least 4 members (excludes halogenated alkanes) is 2. The van der Waals surface area contributed by atoms with Crippen molar-refractivity contribution in [3.8, 4) is 0 Å². The monoisotopic (exact) mass is 442 g/mol. The summed E-state index contributed by atoms with van der Waals surface area (Å²) >= 11 is 1.34. The van der Waals surface area contributed by atoms with Crippen molar-refractivity contribution in [2.45, 2.75) is 26.2 Å². The highest BCUT2D eigenvalue weighted by Crippen LogP contribution is 2.17. The van der Waals surface area contributed by atoms with Crippen LogP contribution >= 0.6 is 11.8 Å².